The minimum atomic E-state index is -0.458. The van der Waals surface area contributed by atoms with E-state index in [1.807, 2.05) is 4.57 Å². The van der Waals surface area contributed by atoms with Gasteiger partial charge in [-0.3, -0.25) is 4.98 Å². The van der Waals surface area contributed by atoms with Gasteiger partial charge in [0.1, 0.15) is 11.6 Å². The molecule has 0 spiro atoms. The first-order valence-electron chi connectivity index (χ1n) is 5.46. The summed E-state index contributed by atoms with van der Waals surface area (Å²) in [5, 5.41) is 0.0658. The van der Waals surface area contributed by atoms with Gasteiger partial charge in [0, 0.05) is 17.1 Å². The van der Waals surface area contributed by atoms with Crippen LogP contribution in [-0.2, 0) is 12.4 Å². The van der Waals surface area contributed by atoms with Gasteiger partial charge < -0.3 is 4.57 Å². The number of hydrogen-bond donors (Lipinski definition) is 0. The molecule has 3 nitrogen and oxygen atoms in total. The molecule has 2 aromatic heterocycles. The van der Waals surface area contributed by atoms with E-state index in [1.54, 1.807) is 11.7 Å². The van der Waals surface area contributed by atoms with Gasteiger partial charge in [0.15, 0.2) is 0 Å². The van der Waals surface area contributed by atoms with E-state index in [2.05, 4.69) is 9.97 Å². The van der Waals surface area contributed by atoms with Gasteiger partial charge in [-0.2, -0.15) is 0 Å². The lowest BCUT2D eigenvalue weighted by Crippen LogP contribution is -2.02. The van der Waals surface area contributed by atoms with Gasteiger partial charge >= 0.3 is 0 Å². The fraction of sp³-hybridized carbons (Fsp3) is 0.167. The van der Waals surface area contributed by atoms with Gasteiger partial charge in [0.25, 0.3) is 0 Å². The second-order valence-corrected chi connectivity index (χ2v) is 5.62. The molecular formula is C12H8Cl2FN3S. The van der Waals surface area contributed by atoms with Crippen LogP contribution in [-0.4, -0.2) is 14.5 Å². The summed E-state index contributed by atoms with van der Waals surface area (Å²) in [4.78, 5) is 9.46. The van der Waals surface area contributed by atoms with E-state index in [-0.39, 0.29) is 10.9 Å². The number of rotatable bonds is 3. The zero-order valence-corrected chi connectivity index (χ0v) is 11.9. The number of fused-ring (bicyclic) bond motifs is 1. The number of halogens is 3. The summed E-state index contributed by atoms with van der Waals surface area (Å²) in [6.45, 7) is 0.574. The number of aromatic nitrogens is 3. The maximum atomic E-state index is 13.6. The summed E-state index contributed by atoms with van der Waals surface area (Å²) < 4.78 is 15.5. The first-order chi connectivity index (χ1) is 9.19. The van der Waals surface area contributed by atoms with Gasteiger partial charge in [-0.1, -0.05) is 11.6 Å². The van der Waals surface area contributed by atoms with E-state index in [0.29, 0.717) is 23.4 Å². The Kier molecular flexibility index (Phi) is 3.43. The van der Waals surface area contributed by atoms with Crippen LogP contribution in [0.2, 0.25) is 5.02 Å². The third kappa shape index (κ3) is 2.33. The quantitative estimate of drug-likeness (QED) is 0.682. The average Bonchev–Trinajstić information content (AvgIpc) is 3.00. The largest absolute Gasteiger partial charge is 0.322 e. The van der Waals surface area contributed by atoms with Crippen LogP contribution in [0.4, 0.5) is 4.39 Å². The molecule has 0 unspecified atom stereocenters. The van der Waals surface area contributed by atoms with E-state index in [0.717, 1.165) is 4.88 Å². The normalized spacial score (nSPS) is 11.3. The minimum absolute atomic E-state index is 0.0658. The summed E-state index contributed by atoms with van der Waals surface area (Å²) >= 11 is 13.2. The van der Waals surface area contributed by atoms with Crippen molar-refractivity contribution in [1.82, 2.24) is 14.5 Å². The van der Waals surface area contributed by atoms with Gasteiger partial charge in [-0.15, -0.1) is 22.9 Å². The summed E-state index contributed by atoms with van der Waals surface area (Å²) in [7, 11) is 0. The second-order valence-electron chi connectivity index (χ2n) is 3.97. The topological polar surface area (TPSA) is 30.7 Å². The Balaban J connectivity index is 2.17. The molecule has 19 heavy (non-hydrogen) atoms. The molecule has 3 rings (SSSR count). The Morgan fingerprint density at radius 3 is 2.89 bits per heavy atom. The van der Waals surface area contributed by atoms with Crippen LogP contribution in [0.15, 0.2) is 23.8 Å². The van der Waals surface area contributed by atoms with Gasteiger partial charge in [-0.05, 0) is 6.07 Å². The third-order valence-corrected chi connectivity index (χ3v) is 4.08. The highest BCUT2D eigenvalue weighted by atomic mass is 35.5. The maximum absolute atomic E-state index is 13.6. The van der Waals surface area contributed by atoms with Crippen LogP contribution in [0.5, 0.6) is 0 Å². The molecule has 0 aliphatic rings. The van der Waals surface area contributed by atoms with Crippen molar-refractivity contribution in [3.05, 3.63) is 45.4 Å². The van der Waals surface area contributed by atoms with Crippen molar-refractivity contribution in [2.75, 3.05) is 0 Å². The monoisotopic (exact) mass is 315 g/mol. The molecule has 0 radical (unpaired) electrons. The van der Waals surface area contributed by atoms with Crippen LogP contribution in [0.3, 0.4) is 0 Å². The molecule has 0 N–H and O–H groups in total. The molecule has 7 heteroatoms. The molecule has 0 saturated heterocycles. The van der Waals surface area contributed by atoms with Crippen LogP contribution < -0.4 is 0 Å². The van der Waals surface area contributed by atoms with Crippen LogP contribution >= 0.6 is 34.5 Å². The van der Waals surface area contributed by atoms with Gasteiger partial charge in [0.05, 0.1) is 34.0 Å². The number of thiazole rings is 1. The fourth-order valence-corrected chi connectivity index (χ4v) is 2.87. The van der Waals surface area contributed by atoms with Crippen LogP contribution in [0.1, 0.15) is 10.7 Å². The number of benzene rings is 1. The predicted octanol–water partition coefficient (Wildman–Crippen LogP) is 4.07. The molecule has 0 atom stereocenters. The molecule has 1 aromatic carbocycles. The Bertz CT molecular complexity index is 724. The molecule has 0 amide bonds. The van der Waals surface area contributed by atoms with Crippen molar-refractivity contribution in [2.45, 2.75) is 12.4 Å². The van der Waals surface area contributed by atoms with Crippen molar-refractivity contribution >= 4 is 45.6 Å². The zero-order chi connectivity index (χ0) is 13.4. The van der Waals surface area contributed by atoms with E-state index < -0.39 is 5.82 Å². The van der Waals surface area contributed by atoms with Crippen LogP contribution in [0.25, 0.3) is 11.0 Å². The Hall–Kier alpha value is -1.17. The Labute approximate surface area is 122 Å². The van der Waals surface area contributed by atoms with Crippen molar-refractivity contribution in [3.63, 3.8) is 0 Å². The third-order valence-electron chi connectivity index (χ3n) is 2.79. The molecule has 0 bridgehead atoms. The van der Waals surface area contributed by atoms with Gasteiger partial charge in [0.2, 0.25) is 0 Å². The summed E-state index contributed by atoms with van der Waals surface area (Å²) in [6.07, 6.45) is 1.78. The summed E-state index contributed by atoms with van der Waals surface area (Å²) in [5.41, 5.74) is 3.09. The van der Waals surface area contributed by atoms with Crippen molar-refractivity contribution in [1.29, 1.82) is 0 Å². The van der Waals surface area contributed by atoms with Crippen LogP contribution in [0, 0.1) is 5.82 Å². The first kappa shape index (κ1) is 12.8. The lowest BCUT2D eigenvalue weighted by Gasteiger charge is -2.05. The van der Waals surface area contributed by atoms with E-state index >= 15 is 0 Å². The molecule has 2 heterocycles. The number of alkyl halides is 1. The smallest absolute Gasteiger partial charge is 0.144 e. The first-order valence-corrected chi connectivity index (χ1v) is 7.25. The maximum Gasteiger partial charge on any atom is 0.144 e. The average molecular weight is 316 g/mol. The van der Waals surface area contributed by atoms with E-state index in [9.17, 15) is 4.39 Å². The zero-order valence-electron chi connectivity index (χ0n) is 9.61. The molecular weight excluding hydrogens is 308 g/mol. The van der Waals surface area contributed by atoms with Crippen molar-refractivity contribution in [3.8, 4) is 0 Å². The molecule has 0 aliphatic carbocycles. The molecule has 0 saturated carbocycles. The Morgan fingerprint density at radius 2 is 2.21 bits per heavy atom. The minimum Gasteiger partial charge on any atom is -0.322 e. The highest BCUT2D eigenvalue weighted by Gasteiger charge is 2.13. The Morgan fingerprint density at radius 1 is 1.37 bits per heavy atom. The predicted molar refractivity (Wildman–Crippen MR) is 75.5 cm³/mol. The molecule has 3 aromatic rings. The second kappa shape index (κ2) is 5.07. The highest BCUT2D eigenvalue weighted by Crippen LogP contribution is 2.25. The number of hydrogen-bond acceptors (Lipinski definition) is 3. The standard InChI is InChI=1S/C12H8Cl2FN3S/c13-3-12-17-10-1-8(14)9(15)2-11(10)18(12)5-7-4-16-6-19-7/h1-2,4,6H,3,5H2. The lowest BCUT2D eigenvalue weighted by atomic mass is 10.3. The SMILES string of the molecule is Fc1cc2c(cc1Cl)nc(CCl)n2Cc1cncs1. The summed E-state index contributed by atoms with van der Waals surface area (Å²) in [5.74, 6) is 0.486. The highest BCUT2D eigenvalue weighted by molar-refractivity contribution is 7.09. The fourth-order valence-electron chi connectivity index (χ4n) is 1.92. The van der Waals surface area contributed by atoms with Crippen molar-refractivity contribution in [2.24, 2.45) is 0 Å². The molecule has 0 aliphatic heterocycles. The summed E-state index contributed by atoms with van der Waals surface area (Å²) in [6, 6.07) is 2.91. The van der Waals surface area contributed by atoms with Gasteiger partial charge in [-0.25, -0.2) is 9.37 Å². The number of imidazole rings is 1. The van der Waals surface area contributed by atoms with E-state index in [4.69, 9.17) is 23.2 Å². The number of nitrogens with zero attached hydrogens (tertiary/aromatic N) is 3. The molecule has 98 valence electrons. The van der Waals surface area contributed by atoms with Crippen molar-refractivity contribution < 1.29 is 4.39 Å². The molecule has 0 fully saturated rings. The van der Waals surface area contributed by atoms with E-state index in [1.165, 1.54) is 23.5 Å². The lowest BCUT2D eigenvalue weighted by molar-refractivity contribution is 0.628.